The third-order valence-electron chi connectivity index (χ3n) is 2.25. The Labute approximate surface area is 92.3 Å². The van der Waals surface area contributed by atoms with E-state index in [0.717, 1.165) is 45.3 Å². The van der Waals surface area contributed by atoms with Crippen molar-refractivity contribution in [2.75, 3.05) is 26.2 Å². The summed E-state index contributed by atoms with van der Waals surface area (Å²) in [7, 11) is 0. The summed E-state index contributed by atoms with van der Waals surface area (Å²) in [5, 5.41) is 8.62. The van der Waals surface area contributed by atoms with Crippen molar-refractivity contribution in [3.63, 3.8) is 0 Å². The summed E-state index contributed by atoms with van der Waals surface area (Å²) >= 11 is 4.83. The minimum atomic E-state index is 0.305. The second kappa shape index (κ2) is 9.37. The molecule has 0 aliphatic carbocycles. The minimum Gasteiger partial charge on any atom is -0.396 e. The summed E-state index contributed by atoms with van der Waals surface area (Å²) in [4.78, 5) is 2.94. The van der Waals surface area contributed by atoms with E-state index in [-0.39, 0.29) is 0 Å². The van der Waals surface area contributed by atoms with Gasteiger partial charge >= 0.3 is 0 Å². The quantitative estimate of drug-likeness (QED) is 0.450. The Morgan fingerprint density at radius 1 is 1.29 bits per heavy atom. The number of hydrogen-bond acceptors (Lipinski definition) is 3. The van der Waals surface area contributed by atoms with Crippen LogP contribution in [0, 0.1) is 0 Å². The zero-order chi connectivity index (χ0) is 10.8. The van der Waals surface area contributed by atoms with Crippen molar-refractivity contribution in [2.24, 2.45) is 5.73 Å². The van der Waals surface area contributed by atoms with E-state index < -0.39 is 0 Å². The molecule has 0 heterocycles. The van der Waals surface area contributed by atoms with E-state index in [0.29, 0.717) is 11.6 Å². The molecule has 0 saturated heterocycles. The number of nitrogens with zero attached hydrogens (tertiary/aromatic N) is 1. The Hall–Kier alpha value is -0.190. The molecule has 0 aromatic rings. The number of hydrogen-bond donors (Lipinski definition) is 2. The smallest absolute Gasteiger partial charge is 0.0740 e. The fourth-order valence-corrected chi connectivity index (χ4v) is 1.41. The molecule has 0 fully saturated rings. The van der Waals surface area contributed by atoms with Crippen LogP contribution in [0.4, 0.5) is 0 Å². The van der Waals surface area contributed by atoms with E-state index in [1.807, 2.05) is 0 Å². The summed E-state index contributed by atoms with van der Waals surface area (Å²) in [6.07, 6.45) is 3.96. The molecule has 0 aliphatic heterocycles. The van der Waals surface area contributed by atoms with Crippen molar-refractivity contribution in [1.29, 1.82) is 0 Å². The summed E-state index contributed by atoms with van der Waals surface area (Å²) < 4.78 is 0. The van der Waals surface area contributed by atoms with E-state index in [4.69, 9.17) is 23.1 Å². The van der Waals surface area contributed by atoms with Crippen molar-refractivity contribution in [3.8, 4) is 0 Å². The molecule has 14 heavy (non-hydrogen) atoms. The van der Waals surface area contributed by atoms with E-state index in [1.54, 1.807) is 0 Å². The van der Waals surface area contributed by atoms with Gasteiger partial charge in [-0.25, -0.2) is 0 Å². The number of unbranched alkanes of at least 4 members (excludes halogenated alkanes) is 2. The largest absolute Gasteiger partial charge is 0.396 e. The third-order valence-corrected chi connectivity index (χ3v) is 2.46. The molecule has 0 spiro atoms. The lowest BCUT2D eigenvalue weighted by Crippen LogP contribution is -2.28. The second-order valence-corrected chi connectivity index (χ2v) is 3.96. The van der Waals surface area contributed by atoms with E-state index in [9.17, 15) is 0 Å². The molecule has 0 atom stereocenters. The van der Waals surface area contributed by atoms with Gasteiger partial charge in [-0.15, -0.1) is 0 Å². The van der Waals surface area contributed by atoms with Crippen LogP contribution in [0.2, 0.25) is 0 Å². The topological polar surface area (TPSA) is 49.5 Å². The van der Waals surface area contributed by atoms with Gasteiger partial charge in [0.1, 0.15) is 0 Å². The predicted octanol–water partition coefficient (Wildman–Crippen LogP) is 1.15. The molecule has 0 unspecified atom stereocenters. The van der Waals surface area contributed by atoms with Gasteiger partial charge in [-0.1, -0.05) is 19.1 Å². The fourth-order valence-electron chi connectivity index (χ4n) is 1.32. The number of aliphatic hydroxyl groups is 1. The van der Waals surface area contributed by atoms with Crippen LogP contribution in [0.5, 0.6) is 0 Å². The Balaban J connectivity index is 3.42. The molecule has 0 bridgehead atoms. The molecule has 0 amide bonds. The number of aliphatic hydroxyl groups excluding tert-OH is 1. The van der Waals surface area contributed by atoms with Crippen LogP contribution in [0.3, 0.4) is 0 Å². The Bertz CT molecular complexity index is 153. The molecule has 3 N–H and O–H groups in total. The number of rotatable bonds is 9. The molecule has 0 radical (unpaired) electrons. The van der Waals surface area contributed by atoms with Gasteiger partial charge in [0.15, 0.2) is 0 Å². The molecule has 0 aromatic heterocycles. The molecular weight excluding hydrogens is 196 g/mol. The lowest BCUT2D eigenvalue weighted by molar-refractivity contribution is 0.263. The summed E-state index contributed by atoms with van der Waals surface area (Å²) in [6, 6.07) is 0. The Morgan fingerprint density at radius 3 is 2.50 bits per heavy atom. The highest BCUT2D eigenvalue weighted by molar-refractivity contribution is 7.80. The molecular formula is C10H22N2OS. The first kappa shape index (κ1) is 13.8. The average molecular weight is 218 g/mol. The standard InChI is InChI=1S/C10H22N2OS/c1-2-12(8-6-10(11)14)7-4-3-5-9-13/h13H,2-9H2,1H3,(H2,11,14). The molecule has 0 saturated carbocycles. The number of nitrogens with two attached hydrogens (primary N) is 1. The second-order valence-electron chi connectivity index (χ2n) is 3.43. The lowest BCUT2D eigenvalue weighted by Gasteiger charge is -2.19. The van der Waals surface area contributed by atoms with Gasteiger partial charge in [0.05, 0.1) is 4.99 Å². The zero-order valence-corrected chi connectivity index (χ0v) is 9.85. The molecule has 0 aromatic carbocycles. The maximum absolute atomic E-state index is 8.62. The van der Waals surface area contributed by atoms with Crippen molar-refractivity contribution >= 4 is 17.2 Å². The highest BCUT2D eigenvalue weighted by Gasteiger charge is 2.01. The van der Waals surface area contributed by atoms with Gasteiger partial charge in [0.25, 0.3) is 0 Å². The Morgan fingerprint density at radius 2 is 2.00 bits per heavy atom. The predicted molar refractivity (Wildman–Crippen MR) is 64.5 cm³/mol. The van der Waals surface area contributed by atoms with Crippen LogP contribution < -0.4 is 5.73 Å². The molecule has 0 aliphatic rings. The van der Waals surface area contributed by atoms with Crippen LogP contribution in [0.1, 0.15) is 32.6 Å². The van der Waals surface area contributed by atoms with Crippen LogP contribution in [-0.2, 0) is 0 Å². The van der Waals surface area contributed by atoms with E-state index in [1.165, 1.54) is 0 Å². The van der Waals surface area contributed by atoms with Gasteiger partial charge < -0.3 is 15.7 Å². The molecule has 3 nitrogen and oxygen atoms in total. The van der Waals surface area contributed by atoms with Crippen molar-refractivity contribution < 1.29 is 5.11 Å². The number of thiocarbonyl (C=S) groups is 1. The minimum absolute atomic E-state index is 0.305. The lowest BCUT2D eigenvalue weighted by atomic mass is 10.2. The Kier molecular flexibility index (Phi) is 9.24. The molecule has 4 heteroatoms. The maximum Gasteiger partial charge on any atom is 0.0740 e. The highest BCUT2D eigenvalue weighted by atomic mass is 32.1. The first-order valence-electron chi connectivity index (χ1n) is 5.32. The van der Waals surface area contributed by atoms with Gasteiger partial charge in [-0.3, -0.25) is 0 Å². The first-order chi connectivity index (χ1) is 6.70. The van der Waals surface area contributed by atoms with Gasteiger partial charge in [0.2, 0.25) is 0 Å². The monoisotopic (exact) mass is 218 g/mol. The van der Waals surface area contributed by atoms with Crippen molar-refractivity contribution in [1.82, 2.24) is 4.90 Å². The van der Waals surface area contributed by atoms with E-state index in [2.05, 4.69) is 11.8 Å². The van der Waals surface area contributed by atoms with Gasteiger partial charge in [0, 0.05) is 19.6 Å². The van der Waals surface area contributed by atoms with Crippen LogP contribution in [0.15, 0.2) is 0 Å². The normalized spacial score (nSPS) is 10.8. The third kappa shape index (κ3) is 8.41. The summed E-state index contributed by atoms with van der Waals surface area (Å²) in [5.41, 5.74) is 5.44. The van der Waals surface area contributed by atoms with Crippen LogP contribution in [0.25, 0.3) is 0 Å². The van der Waals surface area contributed by atoms with E-state index >= 15 is 0 Å². The van der Waals surface area contributed by atoms with Crippen LogP contribution in [-0.4, -0.2) is 41.2 Å². The van der Waals surface area contributed by atoms with Crippen LogP contribution >= 0.6 is 12.2 Å². The fraction of sp³-hybridized carbons (Fsp3) is 0.900. The van der Waals surface area contributed by atoms with Gasteiger partial charge in [-0.05, 0) is 32.4 Å². The van der Waals surface area contributed by atoms with Gasteiger partial charge in [-0.2, -0.15) is 0 Å². The summed E-state index contributed by atoms with van der Waals surface area (Å²) in [6.45, 7) is 5.54. The summed E-state index contributed by atoms with van der Waals surface area (Å²) in [5.74, 6) is 0. The highest BCUT2D eigenvalue weighted by Crippen LogP contribution is 1.99. The van der Waals surface area contributed by atoms with Crippen molar-refractivity contribution in [2.45, 2.75) is 32.6 Å². The average Bonchev–Trinajstić information content (AvgIpc) is 2.16. The SMILES string of the molecule is CCN(CCCCCO)CCC(N)=S. The molecule has 0 rings (SSSR count). The first-order valence-corrected chi connectivity index (χ1v) is 5.73. The zero-order valence-electron chi connectivity index (χ0n) is 9.04. The maximum atomic E-state index is 8.62. The van der Waals surface area contributed by atoms with Crippen molar-refractivity contribution in [3.05, 3.63) is 0 Å². The molecule has 84 valence electrons.